The van der Waals surface area contributed by atoms with Crippen molar-refractivity contribution in [2.45, 2.75) is 47.1 Å². The van der Waals surface area contributed by atoms with Crippen LogP contribution in [0.3, 0.4) is 0 Å². The molecule has 12 heavy (non-hydrogen) atoms. The second kappa shape index (κ2) is 4.48. The van der Waals surface area contributed by atoms with E-state index in [-0.39, 0.29) is 11.5 Å². The van der Waals surface area contributed by atoms with Crippen molar-refractivity contribution < 1.29 is 9.53 Å². The van der Waals surface area contributed by atoms with Crippen LogP contribution in [0.5, 0.6) is 0 Å². The van der Waals surface area contributed by atoms with E-state index in [1.54, 1.807) is 0 Å². The Labute approximate surface area is 75.3 Å². The molecule has 0 aromatic heterocycles. The molecule has 0 bridgehead atoms. The van der Waals surface area contributed by atoms with Gasteiger partial charge in [0.05, 0.1) is 0 Å². The lowest BCUT2D eigenvalue weighted by Crippen LogP contribution is -2.25. The van der Waals surface area contributed by atoms with Gasteiger partial charge in [0.15, 0.2) is 0 Å². The van der Waals surface area contributed by atoms with Crippen LogP contribution in [0.1, 0.15) is 41.0 Å². The van der Waals surface area contributed by atoms with E-state index in [1.165, 1.54) is 6.47 Å². The molecule has 71 valence electrons. The second-order valence-electron chi connectivity index (χ2n) is 4.75. The Kier molecular flexibility index (Phi) is 4.29. The van der Waals surface area contributed by atoms with Gasteiger partial charge in [-0.15, -0.1) is 0 Å². The van der Waals surface area contributed by atoms with E-state index in [4.69, 9.17) is 4.74 Å². The summed E-state index contributed by atoms with van der Waals surface area (Å²) in [5.41, 5.74) is 0.200. The van der Waals surface area contributed by atoms with E-state index < -0.39 is 0 Å². The van der Waals surface area contributed by atoms with Gasteiger partial charge in [-0.1, -0.05) is 34.6 Å². The highest BCUT2D eigenvalue weighted by Gasteiger charge is 2.22. The average molecular weight is 171 g/mol. The maximum Gasteiger partial charge on any atom is 0.417 e. The zero-order valence-corrected chi connectivity index (χ0v) is 8.68. The summed E-state index contributed by atoms with van der Waals surface area (Å²) in [4.78, 5) is 10.1. The maximum atomic E-state index is 10.1. The molecule has 0 aliphatic heterocycles. The first-order valence-electron chi connectivity index (χ1n) is 4.39. The molecular formula is C10H19O2. The Morgan fingerprint density at radius 2 is 1.83 bits per heavy atom. The maximum absolute atomic E-state index is 10.1. The van der Waals surface area contributed by atoms with Crippen LogP contribution < -0.4 is 0 Å². The molecule has 1 radical (unpaired) electrons. The first kappa shape index (κ1) is 11.5. The molecule has 0 N–H and O–H groups in total. The van der Waals surface area contributed by atoms with E-state index in [0.29, 0.717) is 5.92 Å². The highest BCUT2D eigenvalue weighted by atomic mass is 16.5. The van der Waals surface area contributed by atoms with Crippen LogP contribution in [0.15, 0.2) is 0 Å². The van der Waals surface area contributed by atoms with Gasteiger partial charge in [0, 0.05) is 0 Å². The fourth-order valence-corrected chi connectivity index (χ4v) is 1.08. The zero-order valence-electron chi connectivity index (χ0n) is 8.68. The van der Waals surface area contributed by atoms with Gasteiger partial charge in [0.25, 0.3) is 0 Å². The molecule has 0 aliphatic carbocycles. The molecule has 0 heterocycles. The zero-order chi connectivity index (χ0) is 9.78. The lowest BCUT2D eigenvalue weighted by Gasteiger charge is -2.26. The lowest BCUT2D eigenvalue weighted by molar-refractivity contribution is 0.0874. The normalized spacial score (nSPS) is 14.5. The van der Waals surface area contributed by atoms with Gasteiger partial charge in [-0.2, -0.15) is 0 Å². The first-order valence-corrected chi connectivity index (χ1v) is 4.39. The third kappa shape index (κ3) is 5.16. The molecule has 0 rings (SSSR count). The predicted octanol–water partition coefficient (Wildman–Crippen LogP) is 2.53. The molecule has 1 unspecified atom stereocenters. The fourth-order valence-electron chi connectivity index (χ4n) is 1.08. The van der Waals surface area contributed by atoms with Crippen molar-refractivity contribution in [1.29, 1.82) is 0 Å². The van der Waals surface area contributed by atoms with E-state index in [9.17, 15) is 4.79 Å². The Morgan fingerprint density at radius 1 is 1.33 bits per heavy atom. The molecule has 0 saturated carbocycles. The average Bonchev–Trinajstić information content (AvgIpc) is 1.83. The van der Waals surface area contributed by atoms with Crippen molar-refractivity contribution in [2.24, 2.45) is 11.3 Å². The Bertz CT molecular complexity index is 133. The van der Waals surface area contributed by atoms with Crippen LogP contribution in [0.25, 0.3) is 0 Å². The second-order valence-corrected chi connectivity index (χ2v) is 4.75. The number of ether oxygens (including phenoxy) is 1. The van der Waals surface area contributed by atoms with Gasteiger partial charge in [-0.25, -0.2) is 4.79 Å². The monoisotopic (exact) mass is 171 g/mol. The summed E-state index contributed by atoms with van der Waals surface area (Å²) in [6.45, 7) is 12.0. The lowest BCUT2D eigenvalue weighted by atomic mass is 9.85. The predicted molar refractivity (Wildman–Crippen MR) is 49.5 cm³/mol. The minimum absolute atomic E-state index is 0.00231. The molecule has 1 atom stereocenters. The highest BCUT2D eigenvalue weighted by molar-refractivity contribution is 5.38. The van der Waals surface area contributed by atoms with Gasteiger partial charge < -0.3 is 4.74 Å². The molecule has 0 aliphatic rings. The fraction of sp³-hybridized carbons (Fsp3) is 0.900. The van der Waals surface area contributed by atoms with Crippen molar-refractivity contribution in [3.05, 3.63) is 0 Å². The van der Waals surface area contributed by atoms with Crippen molar-refractivity contribution in [2.75, 3.05) is 0 Å². The minimum atomic E-state index is 0.00231. The van der Waals surface area contributed by atoms with Crippen LogP contribution in [0.2, 0.25) is 0 Å². The van der Waals surface area contributed by atoms with E-state index in [2.05, 4.69) is 20.8 Å². The van der Waals surface area contributed by atoms with Gasteiger partial charge in [-0.05, 0) is 17.8 Å². The van der Waals surface area contributed by atoms with Crippen LogP contribution in [0, 0.1) is 11.3 Å². The largest absolute Gasteiger partial charge is 0.454 e. The van der Waals surface area contributed by atoms with Crippen LogP contribution in [-0.4, -0.2) is 12.6 Å². The molecule has 2 nitrogen and oxygen atoms in total. The number of hydrogen-bond donors (Lipinski definition) is 0. The summed E-state index contributed by atoms with van der Waals surface area (Å²) < 4.78 is 4.87. The molecule has 2 heteroatoms. The van der Waals surface area contributed by atoms with Crippen molar-refractivity contribution in [1.82, 2.24) is 0 Å². The molecule has 0 aromatic rings. The minimum Gasteiger partial charge on any atom is -0.454 e. The van der Waals surface area contributed by atoms with E-state index in [1.807, 2.05) is 13.8 Å². The molecule has 0 spiro atoms. The third-order valence-electron chi connectivity index (χ3n) is 1.76. The quantitative estimate of drug-likeness (QED) is 0.649. The van der Waals surface area contributed by atoms with E-state index >= 15 is 0 Å². The highest BCUT2D eigenvalue weighted by Crippen LogP contribution is 2.25. The van der Waals surface area contributed by atoms with Crippen molar-refractivity contribution >= 4 is 6.47 Å². The van der Waals surface area contributed by atoms with Crippen LogP contribution >= 0.6 is 0 Å². The van der Waals surface area contributed by atoms with Gasteiger partial charge >= 0.3 is 6.47 Å². The Morgan fingerprint density at radius 3 is 2.08 bits per heavy atom. The third-order valence-corrected chi connectivity index (χ3v) is 1.76. The van der Waals surface area contributed by atoms with Crippen molar-refractivity contribution in [3.63, 3.8) is 0 Å². The molecule has 0 aromatic carbocycles. The molecule has 0 fully saturated rings. The summed E-state index contributed by atoms with van der Waals surface area (Å²) in [7, 11) is 0. The summed E-state index contributed by atoms with van der Waals surface area (Å²) in [6, 6.07) is 0. The molecule has 0 amide bonds. The van der Waals surface area contributed by atoms with Crippen LogP contribution in [-0.2, 0) is 9.53 Å². The van der Waals surface area contributed by atoms with Gasteiger partial charge in [-0.3, -0.25) is 0 Å². The SMILES string of the molecule is CC(C)C(CC(C)(C)C)O[C]=O. The number of hydrogen-bond acceptors (Lipinski definition) is 2. The van der Waals surface area contributed by atoms with Gasteiger partial charge in [0.2, 0.25) is 0 Å². The summed E-state index contributed by atoms with van der Waals surface area (Å²) in [6.07, 6.45) is 0.891. The summed E-state index contributed by atoms with van der Waals surface area (Å²) >= 11 is 0. The number of carbonyl (C=O) groups excluding carboxylic acids is 1. The smallest absolute Gasteiger partial charge is 0.417 e. The van der Waals surface area contributed by atoms with Gasteiger partial charge in [0.1, 0.15) is 6.10 Å². The van der Waals surface area contributed by atoms with Crippen LogP contribution in [0.4, 0.5) is 0 Å². The Balaban J connectivity index is 4.04. The molecule has 0 saturated heterocycles. The Hall–Kier alpha value is -0.530. The standard InChI is InChI=1S/C10H19O2/c1-8(2)9(12-7-11)6-10(3,4)5/h8-9H,6H2,1-5H3. The topological polar surface area (TPSA) is 26.3 Å². The van der Waals surface area contributed by atoms with Crippen molar-refractivity contribution in [3.8, 4) is 0 Å². The number of rotatable bonds is 4. The summed E-state index contributed by atoms with van der Waals surface area (Å²) in [5, 5.41) is 0. The molecular weight excluding hydrogens is 152 g/mol. The first-order chi connectivity index (χ1) is 5.37. The summed E-state index contributed by atoms with van der Waals surface area (Å²) in [5.74, 6) is 0.366. The van der Waals surface area contributed by atoms with E-state index in [0.717, 1.165) is 6.42 Å².